The summed E-state index contributed by atoms with van der Waals surface area (Å²) in [6.45, 7) is 2.00. The van der Waals surface area contributed by atoms with Crippen LogP contribution in [0, 0.1) is 17.0 Å². The number of nitro groups is 1. The summed E-state index contributed by atoms with van der Waals surface area (Å²) in [5.41, 5.74) is -0.0206. The summed E-state index contributed by atoms with van der Waals surface area (Å²) in [6.07, 6.45) is 1.25. The molecule has 0 atom stereocenters. The largest absolute Gasteiger partial charge is 0.497 e. The van der Waals surface area contributed by atoms with Gasteiger partial charge in [0, 0.05) is 11.6 Å². The maximum absolute atomic E-state index is 11.8. The molecule has 1 heterocycles. The second kappa shape index (κ2) is 6.75. The van der Waals surface area contributed by atoms with Crippen LogP contribution in [0.1, 0.15) is 5.56 Å². The fourth-order valence-corrected chi connectivity index (χ4v) is 1.95. The maximum atomic E-state index is 11.8. The number of methoxy groups -OCH3 is 1. The summed E-state index contributed by atoms with van der Waals surface area (Å²) >= 11 is 0. The van der Waals surface area contributed by atoms with Crippen molar-refractivity contribution in [2.45, 2.75) is 13.5 Å². The Balaban J connectivity index is 2.03. The predicted octanol–water partition coefficient (Wildman–Crippen LogP) is 2.15. The van der Waals surface area contributed by atoms with Gasteiger partial charge in [-0.05, 0) is 31.2 Å². The predicted molar refractivity (Wildman–Crippen MR) is 80.6 cm³/mol. The molecule has 0 fully saturated rings. The number of pyridine rings is 1. The number of rotatable bonds is 6. The van der Waals surface area contributed by atoms with Gasteiger partial charge < -0.3 is 14.0 Å². The van der Waals surface area contributed by atoms with Crippen molar-refractivity contribution in [2.75, 3.05) is 13.7 Å². The number of nitrogens with zero attached hydrogens (tertiary/aromatic N) is 2. The molecule has 2 aromatic rings. The molecule has 1 aromatic carbocycles. The second-order valence-electron chi connectivity index (χ2n) is 4.65. The molecule has 0 saturated heterocycles. The lowest BCUT2D eigenvalue weighted by molar-refractivity contribution is -0.385. The lowest BCUT2D eigenvalue weighted by Crippen LogP contribution is -2.23. The van der Waals surface area contributed by atoms with Crippen molar-refractivity contribution < 1.29 is 14.4 Å². The van der Waals surface area contributed by atoms with E-state index in [0.717, 1.165) is 5.75 Å². The summed E-state index contributed by atoms with van der Waals surface area (Å²) in [4.78, 5) is 22.2. The van der Waals surface area contributed by atoms with Crippen LogP contribution in [0.5, 0.6) is 11.5 Å². The smallest absolute Gasteiger partial charge is 0.288 e. The highest BCUT2D eigenvalue weighted by Crippen LogP contribution is 2.17. The Morgan fingerprint density at radius 3 is 2.45 bits per heavy atom. The minimum Gasteiger partial charge on any atom is -0.497 e. The number of hydrogen-bond acceptors (Lipinski definition) is 5. The van der Waals surface area contributed by atoms with Crippen LogP contribution in [-0.2, 0) is 6.54 Å². The summed E-state index contributed by atoms with van der Waals surface area (Å²) in [6, 6.07) is 8.28. The first-order valence-corrected chi connectivity index (χ1v) is 6.63. The van der Waals surface area contributed by atoms with E-state index in [1.165, 1.54) is 23.8 Å². The lowest BCUT2D eigenvalue weighted by Gasteiger charge is -2.09. The molecule has 7 heteroatoms. The third kappa shape index (κ3) is 3.63. The number of aromatic nitrogens is 1. The molecule has 0 radical (unpaired) electrons. The molecule has 22 heavy (non-hydrogen) atoms. The molecule has 116 valence electrons. The fraction of sp³-hybridized carbons (Fsp3) is 0.267. The van der Waals surface area contributed by atoms with Gasteiger partial charge in [0.25, 0.3) is 11.2 Å². The van der Waals surface area contributed by atoms with E-state index in [-0.39, 0.29) is 24.4 Å². The van der Waals surface area contributed by atoms with Crippen molar-refractivity contribution >= 4 is 5.69 Å². The van der Waals surface area contributed by atoms with Crippen LogP contribution in [0.2, 0.25) is 0 Å². The molecule has 0 spiro atoms. The van der Waals surface area contributed by atoms with E-state index < -0.39 is 4.92 Å². The molecule has 0 N–H and O–H groups in total. The minimum absolute atomic E-state index is 0.0796. The third-order valence-corrected chi connectivity index (χ3v) is 3.16. The van der Waals surface area contributed by atoms with Crippen LogP contribution in [0.25, 0.3) is 0 Å². The Bertz CT molecular complexity index is 722. The first-order valence-electron chi connectivity index (χ1n) is 6.63. The van der Waals surface area contributed by atoms with Gasteiger partial charge in [-0.1, -0.05) is 0 Å². The molecule has 0 amide bonds. The Morgan fingerprint density at radius 1 is 1.23 bits per heavy atom. The van der Waals surface area contributed by atoms with E-state index in [1.807, 2.05) is 0 Å². The topological polar surface area (TPSA) is 83.6 Å². The zero-order chi connectivity index (χ0) is 16.1. The molecule has 0 aliphatic carbocycles. The standard InChI is InChI=1S/C15H16N2O5/c1-11-9-15(18)16(10-14(11)17(19)20)7-8-22-13-5-3-12(21-2)4-6-13/h3-6,9-10H,7-8H2,1-2H3. The van der Waals surface area contributed by atoms with E-state index in [2.05, 4.69) is 0 Å². The second-order valence-corrected chi connectivity index (χ2v) is 4.65. The molecule has 0 saturated carbocycles. The van der Waals surface area contributed by atoms with Gasteiger partial charge in [0.15, 0.2) is 0 Å². The van der Waals surface area contributed by atoms with Gasteiger partial charge in [-0.25, -0.2) is 0 Å². The van der Waals surface area contributed by atoms with Crippen LogP contribution in [0.15, 0.2) is 41.3 Å². The van der Waals surface area contributed by atoms with Crippen LogP contribution in [0.4, 0.5) is 5.69 Å². The van der Waals surface area contributed by atoms with E-state index in [1.54, 1.807) is 31.4 Å². The Labute approximate surface area is 126 Å². The summed E-state index contributed by atoms with van der Waals surface area (Å²) in [5.74, 6) is 1.35. The van der Waals surface area contributed by atoms with Gasteiger partial charge >= 0.3 is 0 Å². The number of hydrogen-bond donors (Lipinski definition) is 0. The van der Waals surface area contributed by atoms with Gasteiger partial charge in [-0.15, -0.1) is 0 Å². The average Bonchev–Trinajstić information content (AvgIpc) is 2.49. The normalized spacial score (nSPS) is 10.3. The van der Waals surface area contributed by atoms with E-state index >= 15 is 0 Å². The molecule has 2 rings (SSSR count). The number of aryl methyl sites for hydroxylation is 1. The van der Waals surface area contributed by atoms with Gasteiger partial charge in [-0.2, -0.15) is 0 Å². The van der Waals surface area contributed by atoms with Gasteiger partial charge in [0.2, 0.25) is 0 Å². The Hall–Kier alpha value is -2.83. The van der Waals surface area contributed by atoms with Crippen LogP contribution in [0.3, 0.4) is 0 Å². The van der Waals surface area contributed by atoms with Crippen molar-refractivity contribution in [3.05, 3.63) is 62.6 Å². The third-order valence-electron chi connectivity index (χ3n) is 3.16. The van der Waals surface area contributed by atoms with Gasteiger partial charge in [0.05, 0.1) is 24.8 Å². The Morgan fingerprint density at radius 2 is 1.86 bits per heavy atom. The molecule has 1 aromatic heterocycles. The molecule has 0 unspecified atom stereocenters. The van der Waals surface area contributed by atoms with Gasteiger partial charge in [0.1, 0.15) is 18.1 Å². The summed E-state index contributed by atoms with van der Waals surface area (Å²) in [7, 11) is 1.58. The van der Waals surface area contributed by atoms with Crippen molar-refractivity contribution in [1.82, 2.24) is 4.57 Å². The highest BCUT2D eigenvalue weighted by Gasteiger charge is 2.13. The summed E-state index contributed by atoms with van der Waals surface area (Å²) < 4.78 is 11.8. The van der Waals surface area contributed by atoms with E-state index in [4.69, 9.17) is 9.47 Å². The SMILES string of the molecule is COc1ccc(OCCn2cc([N+](=O)[O-])c(C)cc2=O)cc1. The van der Waals surface area contributed by atoms with Crippen molar-refractivity contribution in [2.24, 2.45) is 0 Å². The first kappa shape index (κ1) is 15.6. The average molecular weight is 304 g/mol. The Kier molecular flexibility index (Phi) is 4.77. The van der Waals surface area contributed by atoms with E-state index in [0.29, 0.717) is 11.3 Å². The highest BCUT2D eigenvalue weighted by molar-refractivity contribution is 5.35. The molecule has 0 bridgehead atoms. The van der Waals surface area contributed by atoms with E-state index in [9.17, 15) is 14.9 Å². The van der Waals surface area contributed by atoms with Crippen LogP contribution in [-0.4, -0.2) is 23.2 Å². The lowest BCUT2D eigenvalue weighted by atomic mass is 10.2. The highest BCUT2D eigenvalue weighted by atomic mass is 16.6. The van der Waals surface area contributed by atoms with Gasteiger partial charge in [-0.3, -0.25) is 14.9 Å². The van der Waals surface area contributed by atoms with Crippen LogP contribution < -0.4 is 15.0 Å². The first-order chi connectivity index (χ1) is 10.5. The molecular weight excluding hydrogens is 288 g/mol. The molecule has 0 aliphatic heterocycles. The number of ether oxygens (including phenoxy) is 2. The molecule has 0 aliphatic rings. The summed E-state index contributed by atoms with van der Waals surface area (Å²) in [5, 5.41) is 10.9. The fourth-order valence-electron chi connectivity index (χ4n) is 1.95. The van der Waals surface area contributed by atoms with Crippen LogP contribution >= 0.6 is 0 Å². The van der Waals surface area contributed by atoms with Crippen molar-refractivity contribution in [3.8, 4) is 11.5 Å². The number of benzene rings is 1. The zero-order valence-corrected chi connectivity index (χ0v) is 12.3. The zero-order valence-electron chi connectivity index (χ0n) is 12.3. The maximum Gasteiger partial charge on any atom is 0.288 e. The minimum atomic E-state index is -0.504. The quantitative estimate of drug-likeness (QED) is 0.603. The van der Waals surface area contributed by atoms with Crippen molar-refractivity contribution in [3.63, 3.8) is 0 Å². The molecule has 7 nitrogen and oxygen atoms in total. The monoisotopic (exact) mass is 304 g/mol. The molecular formula is C15H16N2O5. The van der Waals surface area contributed by atoms with Crippen molar-refractivity contribution in [1.29, 1.82) is 0 Å².